The molecule has 1 fully saturated rings. The van der Waals surface area contributed by atoms with Crippen molar-refractivity contribution >= 4 is 7.92 Å². The Morgan fingerprint density at radius 3 is 2.55 bits per heavy atom. The Bertz CT molecular complexity index is 137. The molecule has 0 aromatic carbocycles. The maximum Gasteiger partial charge on any atom is 0.0821 e. The van der Waals surface area contributed by atoms with Crippen molar-refractivity contribution in [3.8, 4) is 0 Å². The first-order valence-corrected chi connectivity index (χ1v) is 5.92. The minimum atomic E-state index is -0.0179. The predicted molar refractivity (Wildman–Crippen MR) is 51.0 cm³/mol. The number of rotatable bonds is 2. The van der Waals surface area contributed by atoms with E-state index in [4.69, 9.17) is 0 Å². The van der Waals surface area contributed by atoms with Crippen LogP contribution < -0.4 is 0 Å². The first kappa shape index (κ1) is 9.18. The maximum absolute atomic E-state index is 11.4. The van der Waals surface area contributed by atoms with E-state index in [1.807, 2.05) is 6.08 Å². The molecule has 0 radical (unpaired) electrons. The molecule has 64 valence electrons. The fraction of sp³-hybridized carbons (Fsp3) is 0.750. The second kappa shape index (κ2) is 3.66. The zero-order chi connectivity index (χ0) is 8.32. The third kappa shape index (κ3) is 2.90. The van der Waals surface area contributed by atoms with Crippen molar-refractivity contribution in [3.05, 3.63) is 17.9 Å². The lowest BCUT2D eigenvalue weighted by Gasteiger charge is -2.44. The van der Waals surface area contributed by atoms with Gasteiger partial charge in [0.1, 0.15) is 0 Å². The Hall–Kier alpha value is 0.0900. The van der Waals surface area contributed by atoms with E-state index in [1.165, 1.54) is 0 Å². The van der Waals surface area contributed by atoms with Gasteiger partial charge in [-0.15, -0.1) is 6.58 Å². The third-order valence-electron chi connectivity index (χ3n) is 2.17. The molecule has 1 heterocycles. The van der Waals surface area contributed by atoms with Crippen molar-refractivity contribution in [3.63, 3.8) is 0 Å². The quantitative estimate of drug-likeness (QED) is 0.269. The minimum Gasteiger partial charge on any atom is -0.633 e. The highest BCUT2D eigenvalue weighted by atomic mass is 31.1. The van der Waals surface area contributed by atoms with E-state index in [0.717, 1.165) is 31.6 Å². The number of hydroxylamine groups is 3. The number of allylic oxidation sites excluding steroid dienone is 1. The molecular weight excluding hydrogens is 157 g/mol. The molecule has 0 amide bonds. The van der Waals surface area contributed by atoms with Crippen molar-refractivity contribution in [1.82, 2.24) is 0 Å². The molecule has 0 aliphatic carbocycles. The molecule has 0 N–H and O–H groups in total. The summed E-state index contributed by atoms with van der Waals surface area (Å²) in [5.74, 6) is 0. The van der Waals surface area contributed by atoms with E-state index >= 15 is 0 Å². The summed E-state index contributed by atoms with van der Waals surface area (Å²) in [6.45, 7) is 5.36. The van der Waals surface area contributed by atoms with Crippen LogP contribution in [0.25, 0.3) is 0 Å². The van der Waals surface area contributed by atoms with Gasteiger partial charge in [-0.3, -0.25) is 0 Å². The van der Waals surface area contributed by atoms with Gasteiger partial charge in [-0.25, -0.2) is 0 Å². The lowest BCUT2D eigenvalue weighted by Crippen LogP contribution is -2.45. The second-order valence-corrected chi connectivity index (χ2v) is 5.93. The van der Waals surface area contributed by atoms with E-state index in [1.54, 1.807) is 7.05 Å². The molecular formula is C8H16NOP. The van der Waals surface area contributed by atoms with Crippen molar-refractivity contribution in [2.75, 3.05) is 38.6 Å². The lowest BCUT2D eigenvalue weighted by molar-refractivity contribution is -0.857. The summed E-state index contributed by atoms with van der Waals surface area (Å²) >= 11 is 0. The van der Waals surface area contributed by atoms with Crippen LogP contribution in [0.15, 0.2) is 12.7 Å². The van der Waals surface area contributed by atoms with E-state index in [0.29, 0.717) is 0 Å². The summed E-state index contributed by atoms with van der Waals surface area (Å²) in [4.78, 5) is 0. The lowest BCUT2D eigenvalue weighted by atomic mass is 10.5. The van der Waals surface area contributed by atoms with Crippen LogP contribution in [0.3, 0.4) is 0 Å². The topological polar surface area (TPSA) is 23.1 Å². The summed E-state index contributed by atoms with van der Waals surface area (Å²) in [6, 6.07) is 0. The van der Waals surface area contributed by atoms with Gasteiger partial charge < -0.3 is 9.85 Å². The highest BCUT2D eigenvalue weighted by Crippen LogP contribution is 2.38. The van der Waals surface area contributed by atoms with Gasteiger partial charge in [-0.2, -0.15) is 0 Å². The largest absolute Gasteiger partial charge is 0.633 e. The summed E-state index contributed by atoms with van der Waals surface area (Å²) in [5, 5.41) is 11.4. The van der Waals surface area contributed by atoms with Crippen molar-refractivity contribution in [1.29, 1.82) is 0 Å². The molecule has 1 aliphatic rings. The van der Waals surface area contributed by atoms with Crippen LogP contribution in [-0.2, 0) is 0 Å². The molecule has 2 nitrogen and oxygen atoms in total. The standard InChI is InChI=1S/C8H16NOP/c1-3-6-11-7-4-9(2,10)5-8-11/h3H,1,4-8H2,2H3. The summed E-state index contributed by atoms with van der Waals surface area (Å²) < 4.78 is -0.0179. The van der Waals surface area contributed by atoms with E-state index in [2.05, 4.69) is 6.58 Å². The third-order valence-corrected chi connectivity index (χ3v) is 4.61. The van der Waals surface area contributed by atoms with Gasteiger partial charge in [0.2, 0.25) is 0 Å². The Morgan fingerprint density at radius 2 is 2.09 bits per heavy atom. The van der Waals surface area contributed by atoms with Gasteiger partial charge >= 0.3 is 0 Å². The predicted octanol–water partition coefficient (Wildman–Crippen LogP) is 1.61. The number of quaternary nitrogens is 1. The monoisotopic (exact) mass is 173 g/mol. The zero-order valence-corrected chi connectivity index (χ0v) is 8.02. The Balaban J connectivity index is 2.30. The normalized spacial score (nSPS) is 38.5. The summed E-state index contributed by atoms with van der Waals surface area (Å²) in [7, 11) is 1.91. The van der Waals surface area contributed by atoms with Crippen LogP contribution in [0.1, 0.15) is 0 Å². The molecule has 0 atom stereocenters. The van der Waals surface area contributed by atoms with Gasteiger partial charge in [0, 0.05) is 12.3 Å². The minimum absolute atomic E-state index is 0.0179. The van der Waals surface area contributed by atoms with Crippen LogP contribution >= 0.6 is 7.92 Å². The Morgan fingerprint density at radius 1 is 1.55 bits per heavy atom. The molecule has 1 saturated heterocycles. The molecule has 0 unspecified atom stereocenters. The first-order valence-electron chi connectivity index (χ1n) is 4.03. The van der Waals surface area contributed by atoms with Crippen molar-refractivity contribution in [2.24, 2.45) is 0 Å². The molecule has 0 aromatic heterocycles. The molecule has 3 heteroatoms. The Labute approximate surface area is 69.8 Å². The van der Waals surface area contributed by atoms with Gasteiger partial charge in [-0.05, 0) is 6.16 Å². The molecule has 0 spiro atoms. The smallest absolute Gasteiger partial charge is 0.0821 e. The second-order valence-electron chi connectivity index (χ2n) is 3.33. The van der Waals surface area contributed by atoms with Crippen LogP contribution in [0.4, 0.5) is 0 Å². The average Bonchev–Trinajstić information content (AvgIpc) is 1.94. The number of nitrogens with zero attached hydrogens (tertiary/aromatic N) is 1. The number of hydrogen-bond donors (Lipinski definition) is 0. The average molecular weight is 173 g/mol. The van der Waals surface area contributed by atoms with E-state index < -0.39 is 0 Å². The van der Waals surface area contributed by atoms with Crippen LogP contribution in [-0.4, -0.2) is 43.3 Å². The first-order chi connectivity index (χ1) is 5.14. The molecule has 0 aromatic rings. The number of hydrogen-bond acceptors (Lipinski definition) is 1. The highest BCUT2D eigenvalue weighted by Gasteiger charge is 2.21. The molecule has 0 saturated carbocycles. The highest BCUT2D eigenvalue weighted by molar-refractivity contribution is 7.57. The van der Waals surface area contributed by atoms with Crippen molar-refractivity contribution < 1.29 is 4.65 Å². The molecule has 1 rings (SSSR count). The van der Waals surface area contributed by atoms with Crippen LogP contribution in [0, 0.1) is 5.21 Å². The summed E-state index contributed by atoms with van der Waals surface area (Å²) in [5.41, 5.74) is 0. The van der Waals surface area contributed by atoms with Crippen molar-refractivity contribution in [2.45, 2.75) is 0 Å². The SMILES string of the molecule is C=CCP1CC[N+](C)([O-])CC1. The maximum atomic E-state index is 11.4. The zero-order valence-electron chi connectivity index (χ0n) is 7.12. The fourth-order valence-corrected chi connectivity index (χ4v) is 3.66. The van der Waals surface area contributed by atoms with E-state index in [9.17, 15) is 5.21 Å². The summed E-state index contributed by atoms with van der Waals surface area (Å²) in [6.07, 6.45) is 5.42. The molecule has 1 aliphatic heterocycles. The van der Waals surface area contributed by atoms with Crippen LogP contribution in [0.2, 0.25) is 0 Å². The van der Waals surface area contributed by atoms with Gasteiger partial charge in [0.25, 0.3) is 0 Å². The van der Waals surface area contributed by atoms with Gasteiger partial charge in [0.15, 0.2) is 0 Å². The fourth-order valence-electron chi connectivity index (χ4n) is 1.29. The molecule has 11 heavy (non-hydrogen) atoms. The van der Waals surface area contributed by atoms with Gasteiger partial charge in [0.05, 0.1) is 20.1 Å². The van der Waals surface area contributed by atoms with Gasteiger partial charge in [-0.1, -0.05) is 14.0 Å². The molecule has 0 bridgehead atoms. The van der Waals surface area contributed by atoms with Crippen LogP contribution in [0.5, 0.6) is 0 Å². The van der Waals surface area contributed by atoms with E-state index in [-0.39, 0.29) is 12.6 Å². The Kier molecular flexibility index (Phi) is 3.06.